The molecule has 0 saturated carbocycles. The predicted octanol–water partition coefficient (Wildman–Crippen LogP) is 8.84. The summed E-state index contributed by atoms with van der Waals surface area (Å²) in [6.07, 6.45) is -9.32. The number of alkyl halides is 6. The Bertz CT molecular complexity index is 1690. The lowest BCUT2D eigenvalue weighted by Crippen LogP contribution is -2.25. The van der Waals surface area contributed by atoms with Crippen LogP contribution in [-0.2, 0) is 23.7 Å². The van der Waals surface area contributed by atoms with Crippen LogP contribution in [0, 0.1) is 6.92 Å². The van der Waals surface area contributed by atoms with Crippen molar-refractivity contribution in [1.29, 1.82) is 0 Å². The van der Waals surface area contributed by atoms with Crippen LogP contribution in [0.4, 0.5) is 32.0 Å². The number of anilines is 1. The molecule has 0 aromatic heterocycles. The number of carboxylic acids is 1. The Morgan fingerprint density at radius 3 is 1.98 bits per heavy atom. The summed E-state index contributed by atoms with van der Waals surface area (Å²) < 4.78 is 79.9. The summed E-state index contributed by atoms with van der Waals surface area (Å²) in [6.45, 7) is 1.58. The molecule has 230 valence electrons. The molecule has 0 aliphatic rings. The van der Waals surface area contributed by atoms with Gasteiger partial charge in [-0.3, -0.25) is 9.59 Å². The Kier molecular flexibility index (Phi) is 9.58. The number of carbonyl (C=O) groups is 2. The first kappa shape index (κ1) is 32.4. The molecule has 4 aromatic rings. The average molecular weight is 635 g/mol. The lowest BCUT2D eigenvalue weighted by Gasteiger charge is -2.16. The molecular weight excluding hydrogens is 610 g/mol. The molecule has 3 N–H and O–H groups in total. The Hall–Kier alpha value is -4.51. The van der Waals surface area contributed by atoms with Crippen molar-refractivity contribution in [2.45, 2.75) is 32.2 Å². The van der Waals surface area contributed by atoms with E-state index in [1.165, 1.54) is 36.4 Å². The van der Waals surface area contributed by atoms with Gasteiger partial charge < -0.3 is 15.7 Å². The van der Waals surface area contributed by atoms with Gasteiger partial charge in [0.05, 0.1) is 22.6 Å². The molecule has 4 aromatic carbocycles. The molecule has 5 nitrogen and oxygen atoms in total. The van der Waals surface area contributed by atoms with Crippen LogP contribution in [-0.4, -0.2) is 23.5 Å². The van der Waals surface area contributed by atoms with Crippen LogP contribution in [0.1, 0.15) is 39.0 Å². The number of aryl methyl sites for hydroxylation is 1. The van der Waals surface area contributed by atoms with Gasteiger partial charge in [-0.2, -0.15) is 26.3 Å². The van der Waals surface area contributed by atoms with E-state index in [0.29, 0.717) is 33.5 Å². The maximum Gasteiger partial charge on any atom is 0.416 e. The van der Waals surface area contributed by atoms with Gasteiger partial charge in [0.1, 0.15) is 0 Å². The fraction of sp³-hybridized carbons (Fsp3) is 0.188. The number of halogens is 7. The van der Waals surface area contributed by atoms with Gasteiger partial charge >= 0.3 is 18.3 Å². The van der Waals surface area contributed by atoms with E-state index in [9.17, 15) is 35.9 Å². The van der Waals surface area contributed by atoms with Crippen molar-refractivity contribution in [3.63, 3.8) is 0 Å². The zero-order valence-electron chi connectivity index (χ0n) is 23.0. The zero-order valence-corrected chi connectivity index (χ0v) is 23.8. The largest absolute Gasteiger partial charge is 0.481 e. The monoisotopic (exact) mass is 634 g/mol. The molecule has 0 atom stereocenters. The first-order valence-electron chi connectivity index (χ1n) is 13.2. The Morgan fingerprint density at radius 1 is 0.773 bits per heavy atom. The SMILES string of the molecule is Cc1cc(C(F)(F)F)ccc1-c1ccc(NCc2ccc(C(F)(F)F)cc2-c2ccc(C(=O)NCCC(=O)O)cc2)cc1Cl. The van der Waals surface area contributed by atoms with Crippen LogP contribution in [0.5, 0.6) is 0 Å². The summed E-state index contributed by atoms with van der Waals surface area (Å²) in [6, 6.07) is 17.5. The fourth-order valence-corrected chi connectivity index (χ4v) is 4.83. The van der Waals surface area contributed by atoms with E-state index in [-0.39, 0.29) is 35.7 Å². The third-order valence-electron chi connectivity index (χ3n) is 6.82. The van der Waals surface area contributed by atoms with Crippen molar-refractivity contribution >= 4 is 29.2 Å². The molecular formula is C32H25ClF6N2O3. The van der Waals surface area contributed by atoms with Gasteiger partial charge in [-0.15, -0.1) is 0 Å². The van der Waals surface area contributed by atoms with Gasteiger partial charge in [-0.1, -0.05) is 41.9 Å². The Balaban J connectivity index is 1.56. The van der Waals surface area contributed by atoms with Crippen molar-refractivity contribution in [2.75, 3.05) is 11.9 Å². The number of rotatable bonds is 9. The standard InChI is InChI=1S/C32H25ClF6N2O3/c1-18-14-22(31(34,35)36)8-10-25(18)26-11-9-24(16-28(26)33)41-17-21-6-7-23(32(37,38)39)15-27(21)19-2-4-20(5-3-19)30(44)40-13-12-29(42)43/h2-11,14-16,41H,12-13,17H2,1H3,(H,40,44)(H,42,43). The van der Waals surface area contributed by atoms with Gasteiger partial charge in [0.15, 0.2) is 0 Å². The van der Waals surface area contributed by atoms with Crippen molar-refractivity contribution in [2.24, 2.45) is 0 Å². The van der Waals surface area contributed by atoms with Crippen molar-refractivity contribution < 1.29 is 41.0 Å². The molecule has 0 bridgehead atoms. The second-order valence-corrected chi connectivity index (χ2v) is 10.3. The number of hydrogen-bond donors (Lipinski definition) is 3. The van der Waals surface area contributed by atoms with Gasteiger partial charge in [0.25, 0.3) is 5.91 Å². The lowest BCUT2D eigenvalue weighted by molar-refractivity contribution is -0.138. The van der Waals surface area contributed by atoms with Crippen molar-refractivity contribution in [3.8, 4) is 22.3 Å². The summed E-state index contributed by atoms with van der Waals surface area (Å²) in [5, 5.41) is 14.6. The van der Waals surface area contributed by atoms with Crippen LogP contribution >= 0.6 is 11.6 Å². The minimum absolute atomic E-state index is 0.0751. The molecule has 0 fully saturated rings. The summed E-state index contributed by atoms with van der Waals surface area (Å²) in [5.41, 5.74) is 1.75. The molecule has 1 amide bonds. The number of hydrogen-bond acceptors (Lipinski definition) is 3. The molecule has 44 heavy (non-hydrogen) atoms. The highest BCUT2D eigenvalue weighted by Gasteiger charge is 2.32. The third-order valence-corrected chi connectivity index (χ3v) is 7.13. The number of carboxylic acid groups (broad SMARTS) is 1. The molecule has 0 radical (unpaired) electrons. The van der Waals surface area contributed by atoms with Crippen LogP contribution in [0.25, 0.3) is 22.3 Å². The van der Waals surface area contributed by atoms with Crippen LogP contribution in [0.3, 0.4) is 0 Å². The summed E-state index contributed by atoms with van der Waals surface area (Å²) in [5.74, 6) is -1.59. The van der Waals surface area contributed by atoms with Gasteiger partial charge in [0, 0.05) is 29.9 Å². The molecule has 12 heteroatoms. The topological polar surface area (TPSA) is 78.4 Å². The predicted molar refractivity (Wildman–Crippen MR) is 155 cm³/mol. The van der Waals surface area contributed by atoms with E-state index in [1.54, 1.807) is 25.1 Å². The van der Waals surface area contributed by atoms with E-state index >= 15 is 0 Å². The van der Waals surface area contributed by atoms with E-state index in [4.69, 9.17) is 16.7 Å². The summed E-state index contributed by atoms with van der Waals surface area (Å²) in [7, 11) is 0. The van der Waals surface area contributed by atoms with Gasteiger partial charge in [-0.25, -0.2) is 0 Å². The van der Waals surface area contributed by atoms with Crippen LogP contribution in [0.2, 0.25) is 5.02 Å². The highest BCUT2D eigenvalue weighted by molar-refractivity contribution is 6.33. The maximum atomic E-state index is 13.6. The number of amides is 1. The van der Waals surface area contributed by atoms with Crippen LogP contribution in [0.15, 0.2) is 78.9 Å². The first-order chi connectivity index (χ1) is 20.6. The number of nitrogens with one attached hydrogen (secondary N) is 2. The quantitative estimate of drug-likeness (QED) is 0.161. The first-order valence-corrected chi connectivity index (χ1v) is 13.5. The van der Waals surface area contributed by atoms with E-state index in [1.807, 2.05) is 0 Å². The smallest absolute Gasteiger partial charge is 0.416 e. The summed E-state index contributed by atoms with van der Waals surface area (Å²) >= 11 is 6.48. The van der Waals surface area contributed by atoms with Crippen molar-refractivity contribution in [1.82, 2.24) is 5.32 Å². The second-order valence-electron chi connectivity index (χ2n) is 9.92. The minimum Gasteiger partial charge on any atom is -0.481 e. The molecule has 0 aliphatic carbocycles. The molecule has 0 heterocycles. The number of aliphatic carboxylic acids is 1. The average Bonchev–Trinajstić information content (AvgIpc) is 2.95. The number of benzene rings is 4. The van der Waals surface area contributed by atoms with Crippen LogP contribution < -0.4 is 10.6 Å². The lowest BCUT2D eigenvalue weighted by atomic mass is 9.95. The van der Waals surface area contributed by atoms with Crippen molar-refractivity contribution in [3.05, 3.63) is 112 Å². The Labute approximate surface area is 253 Å². The molecule has 4 rings (SSSR count). The minimum atomic E-state index is -4.59. The highest BCUT2D eigenvalue weighted by Crippen LogP contribution is 2.37. The molecule has 0 aliphatic heterocycles. The Morgan fingerprint density at radius 2 is 1.39 bits per heavy atom. The maximum absolute atomic E-state index is 13.6. The zero-order chi connectivity index (χ0) is 32.2. The van der Waals surface area contributed by atoms with E-state index in [2.05, 4.69) is 10.6 Å². The highest BCUT2D eigenvalue weighted by atomic mass is 35.5. The molecule has 0 saturated heterocycles. The fourth-order valence-electron chi connectivity index (χ4n) is 4.54. The molecule has 0 unspecified atom stereocenters. The second kappa shape index (κ2) is 13.0. The number of carbonyl (C=O) groups excluding carboxylic acids is 1. The van der Waals surface area contributed by atoms with E-state index in [0.717, 1.165) is 24.3 Å². The third kappa shape index (κ3) is 7.90. The molecule has 0 spiro atoms. The van der Waals surface area contributed by atoms with Gasteiger partial charge in [-0.05, 0) is 83.3 Å². The van der Waals surface area contributed by atoms with Gasteiger partial charge in [0.2, 0.25) is 0 Å². The van der Waals surface area contributed by atoms with E-state index < -0.39 is 35.4 Å². The normalized spacial score (nSPS) is 11.7. The summed E-state index contributed by atoms with van der Waals surface area (Å²) in [4.78, 5) is 22.9.